The summed E-state index contributed by atoms with van der Waals surface area (Å²) in [4.78, 5) is 0. The monoisotopic (exact) mass is 233 g/mol. The number of halogens is 1. The highest BCUT2D eigenvalue weighted by Gasteiger charge is 2.15. The van der Waals surface area contributed by atoms with E-state index in [9.17, 15) is 5.11 Å². The third kappa shape index (κ3) is 2.91. The molecule has 0 saturated heterocycles. The summed E-state index contributed by atoms with van der Waals surface area (Å²) >= 11 is 0. The standard InChI is InChI=1S/C10H15NO3.ClH/c1-6(11)10-8(13-2)4-7(12)5-9(10)14-3;/h4-6,12H,11H2,1-3H3;1H/t6-;/m1./s1. The van der Waals surface area contributed by atoms with Crippen LogP contribution < -0.4 is 15.2 Å². The topological polar surface area (TPSA) is 64.7 Å². The molecule has 15 heavy (non-hydrogen) atoms. The van der Waals surface area contributed by atoms with E-state index in [0.717, 1.165) is 5.56 Å². The number of phenolic OH excluding ortho intramolecular Hbond substituents is 1. The minimum Gasteiger partial charge on any atom is -0.508 e. The Morgan fingerprint density at radius 2 is 1.60 bits per heavy atom. The Labute approximate surface area is 95.4 Å². The molecule has 0 amide bonds. The van der Waals surface area contributed by atoms with Gasteiger partial charge in [0, 0.05) is 18.2 Å². The van der Waals surface area contributed by atoms with Crippen molar-refractivity contribution in [2.24, 2.45) is 5.73 Å². The fourth-order valence-corrected chi connectivity index (χ4v) is 1.37. The first-order chi connectivity index (χ1) is 6.60. The minimum atomic E-state index is -0.208. The van der Waals surface area contributed by atoms with Gasteiger partial charge in [0.05, 0.1) is 19.8 Å². The average molecular weight is 234 g/mol. The van der Waals surface area contributed by atoms with Crippen LogP contribution >= 0.6 is 12.4 Å². The number of ether oxygens (including phenoxy) is 2. The normalized spacial score (nSPS) is 11.5. The van der Waals surface area contributed by atoms with Crippen LogP contribution in [0.15, 0.2) is 12.1 Å². The van der Waals surface area contributed by atoms with Gasteiger partial charge in [-0.15, -0.1) is 12.4 Å². The second-order valence-corrected chi connectivity index (χ2v) is 3.05. The Morgan fingerprint density at radius 1 is 1.20 bits per heavy atom. The third-order valence-electron chi connectivity index (χ3n) is 1.98. The minimum absolute atomic E-state index is 0. The van der Waals surface area contributed by atoms with Crippen LogP contribution in [0.4, 0.5) is 0 Å². The van der Waals surface area contributed by atoms with E-state index in [-0.39, 0.29) is 24.2 Å². The number of phenols is 1. The maximum absolute atomic E-state index is 9.36. The first-order valence-corrected chi connectivity index (χ1v) is 4.30. The van der Waals surface area contributed by atoms with Crippen LogP contribution in [0.2, 0.25) is 0 Å². The van der Waals surface area contributed by atoms with E-state index in [1.807, 2.05) is 6.92 Å². The van der Waals surface area contributed by atoms with E-state index in [1.54, 1.807) is 0 Å². The van der Waals surface area contributed by atoms with E-state index >= 15 is 0 Å². The maximum Gasteiger partial charge on any atom is 0.131 e. The van der Waals surface area contributed by atoms with Crippen LogP contribution in [0.3, 0.4) is 0 Å². The van der Waals surface area contributed by atoms with Gasteiger partial charge in [0.25, 0.3) is 0 Å². The summed E-state index contributed by atoms with van der Waals surface area (Å²) in [5, 5.41) is 9.36. The summed E-state index contributed by atoms with van der Waals surface area (Å²) in [5.74, 6) is 1.18. The smallest absolute Gasteiger partial charge is 0.131 e. The van der Waals surface area contributed by atoms with Gasteiger partial charge in [-0.05, 0) is 6.92 Å². The summed E-state index contributed by atoms with van der Waals surface area (Å²) in [6.45, 7) is 1.83. The summed E-state index contributed by atoms with van der Waals surface area (Å²) in [7, 11) is 3.06. The molecule has 1 rings (SSSR count). The Kier molecular flexibility index (Phi) is 5.25. The van der Waals surface area contributed by atoms with Crippen molar-refractivity contribution in [2.75, 3.05) is 14.2 Å². The molecular formula is C10H16ClNO3. The van der Waals surface area contributed by atoms with Gasteiger partial charge in [-0.3, -0.25) is 0 Å². The SMILES string of the molecule is COc1cc(O)cc(OC)c1[C@@H](C)N.Cl. The van der Waals surface area contributed by atoms with E-state index < -0.39 is 0 Å². The van der Waals surface area contributed by atoms with E-state index in [2.05, 4.69) is 0 Å². The summed E-state index contributed by atoms with van der Waals surface area (Å²) < 4.78 is 10.2. The summed E-state index contributed by atoms with van der Waals surface area (Å²) in [6.07, 6.45) is 0. The van der Waals surface area contributed by atoms with Crippen LogP contribution in [0, 0.1) is 0 Å². The van der Waals surface area contributed by atoms with Crippen molar-refractivity contribution in [1.29, 1.82) is 0 Å². The molecule has 0 spiro atoms. The van der Waals surface area contributed by atoms with Crippen molar-refractivity contribution in [1.82, 2.24) is 0 Å². The zero-order valence-electron chi connectivity index (χ0n) is 8.98. The van der Waals surface area contributed by atoms with Crippen molar-refractivity contribution in [3.8, 4) is 17.2 Å². The third-order valence-corrected chi connectivity index (χ3v) is 1.98. The molecule has 1 aromatic rings. The molecule has 0 aliphatic heterocycles. The maximum atomic E-state index is 9.36. The van der Waals surface area contributed by atoms with Crippen LogP contribution in [0.25, 0.3) is 0 Å². The number of hydrogen-bond donors (Lipinski definition) is 2. The van der Waals surface area contributed by atoms with Gasteiger partial charge in [-0.2, -0.15) is 0 Å². The van der Waals surface area contributed by atoms with Gasteiger partial charge in [-0.1, -0.05) is 0 Å². The number of hydrogen-bond acceptors (Lipinski definition) is 4. The summed E-state index contributed by atoms with van der Waals surface area (Å²) in [6, 6.07) is 2.82. The van der Waals surface area contributed by atoms with Crippen LogP contribution in [-0.2, 0) is 0 Å². The van der Waals surface area contributed by atoms with Gasteiger partial charge in [0.15, 0.2) is 0 Å². The Balaban J connectivity index is 0.00000196. The van der Waals surface area contributed by atoms with Gasteiger partial charge < -0.3 is 20.3 Å². The second-order valence-electron chi connectivity index (χ2n) is 3.05. The molecule has 0 heterocycles. The molecule has 3 N–H and O–H groups in total. The molecule has 1 atom stereocenters. The molecule has 86 valence electrons. The Bertz CT molecular complexity index is 303. The lowest BCUT2D eigenvalue weighted by Gasteiger charge is -2.16. The van der Waals surface area contributed by atoms with Gasteiger partial charge in [0.1, 0.15) is 17.2 Å². The molecule has 1 aromatic carbocycles. The molecule has 4 nitrogen and oxygen atoms in total. The Morgan fingerprint density at radius 3 is 1.87 bits per heavy atom. The molecule has 0 aliphatic carbocycles. The molecule has 0 saturated carbocycles. The van der Waals surface area contributed by atoms with Crippen LogP contribution in [-0.4, -0.2) is 19.3 Å². The number of nitrogens with two attached hydrogens (primary N) is 1. The van der Waals surface area contributed by atoms with E-state index in [0.29, 0.717) is 11.5 Å². The largest absolute Gasteiger partial charge is 0.508 e. The highest BCUT2D eigenvalue weighted by molar-refractivity contribution is 5.85. The lowest BCUT2D eigenvalue weighted by atomic mass is 10.1. The Hall–Kier alpha value is -1.13. The average Bonchev–Trinajstić information content (AvgIpc) is 2.15. The molecule has 0 fully saturated rings. The zero-order valence-corrected chi connectivity index (χ0v) is 9.80. The van der Waals surface area contributed by atoms with Crippen molar-refractivity contribution in [3.05, 3.63) is 17.7 Å². The number of benzene rings is 1. The first-order valence-electron chi connectivity index (χ1n) is 4.30. The molecule has 5 heteroatoms. The zero-order chi connectivity index (χ0) is 10.7. The number of methoxy groups -OCH3 is 2. The van der Waals surface area contributed by atoms with Gasteiger partial charge in [0.2, 0.25) is 0 Å². The van der Waals surface area contributed by atoms with Gasteiger partial charge in [-0.25, -0.2) is 0 Å². The highest BCUT2D eigenvalue weighted by Crippen LogP contribution is 2.36. The van der Waals surface area contributed by atoms with Gasteiger partial charge >= 0.3 is 0 Å². The number of rotatable bonds is 3. The summed E-state index contributed by atoms with van der Waals surface area (Å²) in [5.41, 5.74) is 6.53. The van der Waals surface area contributed by atoms with Crippen molar-refractivity contribution < 1.29 is 14.6 Å². The predicted molar refractivity (Wildman–Crippen MR) is 61.1 cm³/mol. The fourth-order valence-electron chi connectivity index (χ4n) is 1.37. The molecular weight excluding hydrogens is 218 g/mol. The fraction of sp³-hybridized carbons (Fsp3) is 0.400. The van der Waals surface area contributed by atoms with E-state index in [4.69, 9.17) is 15.2 Å². The molecule has 0 aliphatic rings. The molecule has 0 bridgehead atoms. The molecule has 0 aromatic heterocycles. The molecule has 0 unspecified atom stereocenters. The van der Waals surface area contributed by atoms with Crippen molar-refractivity contribution in [3.63, 3.8) is 0 Å². The molecule has 0 radical (unpaired) electrons. The second kappa shape index (κ2) is 5.68. The van der Waals surface area contributed by atoms with E-state index in [1.165, 1.54) is 26.4 Å². The lowest BCUT2D eigenvalue weighted by molar-refractivity contribution is 0.372. The highest BCUT2D eigenvalue weighted by atomic mass is 35.5. The van der Waals surface area contributed by atoms with Crippen molar-refractivity contribution in [2.45, 2.75) is 13.0 Å². The lowest BCUT2D eigenvalue weighted by Crippen LogP contribution is -2.08. The number of aromatic hydroxyl groups is 1. The first kappa shape index (κ1) is 13.9. The van der Waals surface area contributed by atoms with Crippen LogP contribution in [0.1, 0.15) is 18.5 Å². The van der Waals surface area contributed by atoms with Crippen molar-refractivity contribution >= 4 is 12.4 Å². The quantitative estimate of drug-likeness (QED) is 0.836. The predicted octanol–water partition coefficient (Wildman–Crippen LogP) is 1.85. The van der Waals surface area contributed by atoms with Crippen LogP contribution in [0.5, 0.6) is 17.2 Å².